The van der Waals surface area contributed by atoms with Crippen molar-refractivity contribution in [2.24, 2.45) is 0 Å². The largest absolute Gasteiger partial charge is 0.494 e. The normalized spacial score (nSPS) is 14.3. The van der Waals surface area contributed by atoms with Gasteiger partial charge in [0.25, 0.3) is 0 Å². The molecular weight excluding hydrogens is 460 g/mol. The number of rotatable bonds is 13. The van der Waals surface area contributed by atoms with Crippen LogP contribution in [0.15, 0.2) is 34.9 Å². The second-order valence-electron chi connectivity index (χ2n) is 9.18. The Labute approximate surface area is 212 Å². The van der Waals surface area contributed by atoms with E-state index in [9.17, 15) is 14.4 Å². The zero-order valence-electron chi connectivity index (χ0n) is 21.5. The summed E-state index contributed by atoms with van der Waals surface area (Å²) >= 11 is 0. The van der Waals surface area contributed by atoms with Gasteiger partial charge in [0, 0.05) is 37.1 Å². The van der Waals surface area contributed by atoms with Gasteiger partial charge in [-0.05, 0) is 39.2 Å². The third-order valence-corrected chi connectivity index (χ3v) is 6.31. The molecule has 1 aromatic heterocycles. The van der Waals surface area contributed by atoms with Crippen LogP contribution in [-0.2, 0) is 14.4 Å². The van der Waals surface area contributed by atoms with Crippen molar-refractivity contribution in [2.45, 2.75) is 84.2 Å². The molecule has 1 saturated carbocycles. The lowest BCUT2D eigenvalue weighted by Gasteiger charge is -2.33. The van der Waals surface area contributed by atoms with Gasteiger partial charge in [0.1, 0.15) is 17.6 Å². The lowest BCUT2D eigenvalue weighted by Crippen LogP contribution is -2.46. The first-order chi connectivity index (χ1) is 17.4. The van der Waals surface area contributed by atoms with Crippen LogP contribution in [0.25, 0.3) is 0 Å². The molecule has 0 unspecified atom stereocenters. The van der Waals surface area contributed by atoms with Crippen LogP contribution in [-0.4, -0.2) is 47.0 Å². The van der Waals surface area contributed by atoms with Crippen molar-refractivity contribution in [3.8, 4) is 5.75 Å². The fraction of sp³-hybridized carbons (Fsp3) is 0.556. The lowest BCUT2D eigenvalue weighted by molar-refractivity contribution is -0.142. The summed E-state index contributed by atoms with van der Waals surface area (Å²) in [6, 6.07) is 8.26. The van der Waals surface area contributed by atoms with E-state index >= 15 is 0 Å². The zero-order valence-corrected chi connectivity index (χ0v) is 21.5. The van der Waals surface area contributed by atoms with E-state index in [1.54, 1.807) is 17.9 Å². The maximum atomic E-state index is 13.7. The molecule has 9 nitrogen and oxygen atoms in total. The van der Waals surface area contributed by atoms with Crippen LogP contribution >= 0.6 is 0 Å². The molecule has 196 valence electrons. The average molecular weight is 499 g/mol. The Morgan fingerprint density at radius 1 is 1.17 bits per heavy atom. The third kappa shape index (κ3) is 7.57. The summed E-state index contributed by atoms with van der Waals surface area (Å²) < 4.78 is 10.8. The van der Waals surface area contributed by atoms with Crippen LogP contribution in [0.3, 0.4) is 0 Å². The van der Waals surface area contributed by atoms with Crippen molar-refractivity contribution in [1.29, 1.82) is 0 Å². The number of nitrogens with zero attached hydrogens (tertiary/aromatic N) is 2. The topological polar surface area (TPSA) is 114 Å². The molecular formula is C27H38N4O5. The molecule has 0 spiro atoms. The Hall–Kier alpha value is -3.36. The number of unbranched alkanes of at least 4 members (excludes halogenated alkanes) is 1. The Morgan fingerprint density at radius 2 is 1.92 bits per heavy atom. The summed E-state index contributed by atoms with van der Waals surface area (Å²) in [4.78, 5) is 41.3. The van der Waals surface area contributed by atoms with E-state index in [1.807, 2.05) is 38.1 Å². The van der Waals surface area contributed by atoms with E-state index in [4.69, 9.17) is 9.26 Å². The van der Waals surface area contributed by atoms with Gasteiger partial charge in [-0.1, -0.05) is 49.5 Å². The number of hydrogen-bond donors (Lipinski definition) is 2. The first-order valence-electron chi connectivity index (χ1n) is 13.0. The molecule has 9 heteroatoms. The predicted octanol–water partition coefficient (Wildman–Crippen LogP) is 4.53. The number of aryl methyl sites for hydroxylation is 1. The molecule has 1 heterocycles. The number of benzene rings is 1. The van der Waals surface area contributed by atoms with E-state index < -0.39 is 6.04 Å². The summed E-state index contributed by atoms with van der Waals surface area (Å²) in [5, 5.41) is 9.57. The van der Waals surface area contributed by atoms with Gasteiger partial charge in [-0.25, -0.2) is 0 Å². The molecule has 0 saturated heterocycles. The van der Waals surface area contributed by atoms with Gasteiger partial charge in [0.2, 0.25) is 17.7 Å². The highest BCUT2D eigenvalue weighted by molar-refractivity contribution is 5.94. The van der Waals surface area contributed by atoms with Crippen LogP contribution < -0.4 is 15.4 Å². The highest BCUT2D eigenvalue weighted by Gasteiger charge is 2.34. The summed E-state index contributed by atoms with van der Waals surface area (Å²) in [5.41, 5.74) is 0.654. The fourth-order valence-corrected chi connectivity index (χ4v) is 4.52. The number of ether oxygens (including phenoxy) is 1. The molecule has 1 fully saturated rings. The number of amides is 3. The summed E-state index contributed by atoms with van der Waals surface area (Å²) in [6.45, 7) is 6.51. The summed E-state index contributed by atoms with van der Waals surface area (Å²) in [5.74, 6) is 0.672. The summed E-state index contributed by atoms with van der Waals surface area (Å²) in [7, 11) is 0. The van der Waals surface area contributed by atoms with E-state index in [1.165, 1.54) is 0 Å². The predicted molar refractivity (Wildman–Crippen MR) is 136 cm³/mol. The highest BCUT2D eigenvalue weighted by atomic mass is 16.5. The molecule has 1 aliphatic rings. The minimum absolute atomic E-state index is 0.0303. The number of nitrogens with one attached hydrogen (secondary N) is 2. The minimum Gasteiger partial charge on any atom is -0.494 e. The fourth-order valence-electron chi connectivity index (χ4n) is 4.52. The Morgan fingerprint density at radius 3 is 2.58 bits per heavy atom. The molecule has 1 atom stereocenters. The number of hydrogen-bond acceptors (Lipinski definition) is 6. The van der Waals surface area contributed by atoms with Crippen LogP contribution in [0.4, 0.5) is 5.82 Å². The molecule has 0 radical (unpaired) electrons. The molecule has 36 heavy (non-hydrogen) atoms. The Bertz CT molecular complexity index is 1020. The van der Waals surface area contributed by atoms with Crippen molar-refractivity contribution in [3.63, 3.8) is 0 Å². The highest BCUT2D eigenvalue weighted by Crippen LogP contribution is 2.32. The lowest BCUT2D eigenvalue weighted by atomic mass is 10.0. The second-order valence-corrected chi connectivity index (χ2v) is 9.18. The third-order valence-electron chi connectivity index (χ3n) is 6.31. The van der Waals surface area contributed by atoms with Crippen LogP contribution in [0, 0.1) is 6.92 Å². The first-order valence-corrected chi connectivity index (χ1v) is 13.0. The van der Waals surface area contributed by atoms with E-state index in [-0.39, 0.29) is 36.6 Å². The van der Waals surface area contributed by atoms with Gasteiger partial charge in [0.15, 0.2) is 5.82 Å². The van der Waals surface area contributed by atoms with Crippen LogP contribution in [0.2, 0.25) is 0 Å². The van der Waals surface area contributed by atoms with Gasteiger partial charge >= 0.3 is 0 Å². The number of carbonyl (C=O) groups excluding carboxylic acids is 3. The molecule has 3 amide bonds. The average Bonchev–Trinajstić information content (AvgIpc) is 3.52. The molecule has 0 aliphatic heterocycles. The summed E-state index contributed by atoms with van der Waals surface area (Å²) in [6.07, 6.45) is 5.59. The minimum atomic E-state index is -0.839. The Kier molecular flexibility index (Phi) is 10.3. The van der Waals surface area contributed by atoms with Gasteiger partial charge in [-0.3, -0.25) is 14.4 Å². The van der Waals surface area contributed by atoms with Gasteiger partial charge in [-0.15, -0.1) is 0 Å². The number of anilines is 1. The smallest absolute Gasteiger partial charge is 0.247 e. The van der Waals surface area contributed by atoms with Crippen LogP contribution in [0.1, 0.15) is 82.6 Å². The molecule has 1 aromatic carbocycles. The monoisotopic (exact) mass is 498 g/mol. The van der Waals surface area contributed by atoms with E-state index in [2.05, 4.69) is 15.8 Å². The van der Waals surface area contributed by atoms with Gasteiger partial charge < -0.3 is 24.8 Å². The van der Waals surface area contributed by atoms with Crippen molar-refractivity contribution in [1.82, 2.24) is 15.4 Å². The number of para-hydroxylation sites is 1. The van der Waals surface area contributed by atoms with Gasteiger partial charge in [0.05, 0.1) is 6.61 Å². The molecule has 3 rings (SSSR count). The quantitative estimate of drug-likeness (QED) is 0.419. The van der Waals surface area contributed by atoms with E-state index in [0.717, 1.165) is 38.5 Å². The van der Waals surface area contributed by atoms with Crippen molar-refractivity contribution >= 4 is 23.5 Å². The maximum Gasteiger partial charge on any atom is 0.247 e. The van der Waals surface area contributed by atoms with Crippen molar-refractivity contribution in [2.75, 3.05) is 18.5 Å². The van der Waals surface area contributed by atoms with Crippen molar-refractivity contribution < 1.29 is 23.6 Å². The second kappa shape index (κ2) is 13.7. The molecule has 2 N–H and O–H groups in total. The van der Waals surface area contributed by atoms with E-state index in [0.29, 0.717) is 36.0 Å². The first kappa shape index (κ1) is 27.2. The molecule has 2 aromatic rings. The zero-order chi connectivity index (χ0) is 25.9. The van der Waals surface area contributed by atoms with Gasteiger partial charge in [-0.2, -0.15) is 0 Å². The SMILES string of the molecule is CCCCN(C(=O)CCC(=O)Nc1cc(C)on1)[C@@H](C(=O)NC1CCCC1)c1ccccc1OCC. The van der Waals surface area contributed by atoms with Crippen molar-refractivity contribution in [3.05, 3.63) is 41.7 Å². The number of carbonyl (C=O) groups is 3. The van der Waals surface area contributed by atoms with Crippen LogP contribution in [0.5, 0.6) is 5.75 Å². The molecule has 1 aliphatic carbocycles. The maximum absolute atomic E-state index is 13.7. The number of aromatic nitrogens is 1. The molecule has 0 bridgehead atoms. The standard InChI is InChI=1S/C27H38N4O5/c1-4-6-17-31(25(33)16-15-24(32)29-23-18-19(3)36-30-23)26(27(34)28-20-11-7-8-12-20)21-13-9-10-14-22(21)35-5-2/h9-10,13-14,18,20,26H,4-8,11-12,15-17H2,1-3H3,(H,28,34)(H,29,30,32)/t26-/m1/s1. The Balaban J connectivity index is 1.82.